The number of nitrogen functional groups attached to an aromatic ring is 1. The molecule has 0 unspecified atom stereocenters. The van der Waals surface area contributed by atoms with Gasteiger partial charge in [-0.25, -0.2) is 4.98 Å². The SMILES string of the molecule is CCCNC(=O)COc1cccn2cc(-c3ccc(OCCC)c(N)c3)nc12. The van der Waals surface area contributed by atoms with Gasteiger partial charge >= 0.3 is 0 Å². The van der Waals surface area contributed by atoms with Crippen LogP contribution in [0.1, 0.15) is 26.7 Å². The molecular weight excluding hydrogens is 356 g/mol. The molecule has 28 heavy (non-hydrogen) atoms. The van der Waals surface area contributed by atoms with Crippen molar-refractivity contribution in [3.05, 3.63) is 42.7 Å². The van der Waals surface area contributed by atoms with Crippen LogP contribution in [0.4, 0.5) is 5.69 Å². The summed E-state index contributed by atoms with van der Waals surface area (Å²) in [6.45, 7) is 5.28. The average molecular weight is 382 g/mol. The van der Waals surface area contributed by atoms with Gasteiger partial charge in [0.15, 0.2) is 18.0 Å². The predicted octanol–water partition coefficient (Wildman–Crippen LogP) is 3.28. The summed E-state index contributed by atoms with van der Waals surface area (Å²) in [5.41, 5.74) is 8.99. The Hall–Kier alpha value is -3.22. The Morgan fingerprint density at radius 2 is 2.04 bits per heavy atom. The van der Waals surface area contributed by atoms with E-state index in [1.54, 1.807) is 6.07 Å². The highest BCUT2D eigenvalue weighted by atomic mass is 16.5. The van der Waals surface area contributed by atoms with E-state index in [2.05, 4.69) is 10.3 Å². The molecule has 0 aliphatic carbocycles. The summed E-state index contributed by atoms with van der Waals surface area (Å²) >= 11 is 0. The van der Waals surface area contributed by atoms with E-state index in [1.807, 2.05) is 54.9 Å². The summed E-state index contributed by atoms with van der Waals surface area (Å²) in [5.74, 6) is 1.08. The summed E-state index contributed by atoms with van der Waals surface area (Å²) in [5, 5.41) is 2.79. The number of nitrogens with one attached hydrogen (secondary N) is 1. The fourth-order valence-electron chi connectivity index (χ4n) is 2.75. The van der Waals surface area contributed by atoms with Crippen molar-refractivity contribution in [1.82, 2.24) is 14.7 Å². The van der Waals surface area contributed by atoms with Crippen LogP contribution in [0.5, 0.6) is 11.5 Å². The van der Waals surface area contributed by atoms with E-state index in [0.29, 0.717) is 36.0 Å². The molecule has 0 saturated heterocycles. The number of benzene rings is 1. The summed E-state index contributed by atoms with van der Waals surface area (Å²) in [4.78, 5) is 16.5. The number of aromatic nitrogens is 2. The van der Waals surface area contributed by atoms with Crippen LogP contribution in [-0.2, 0) is 4.79 Å². The zero-order chi connectivity index (χ0) is 19.9. The van der Waals surface area contributed by atoms with E-state index < -0.39 is 0 Å². The van der Waals surface area contributed by atoms with Gasteiger partial charge in [-0.05, 0) is 43.2 Å². The second kappa shape index (κ2) is 9.12. The summed E-state index contributed by atoms with van der Waals surface area (Å²) in [7, 11) is 0. The first-order chi connectivity index (χ1) is 13.6. The van der Waals surface area contributed by atoms with Gasteiger partial charge < -0.3 is 24.9 Å². The predicted molar refractivity (Wildman–Crippen MR) is 110 cm³/mol. The Labute approximate surface area is 164 Å². The van der Waals surface area contributed by atoms with Gasteiger partial charge in [0.1, 0.15) is 5.75 Å². The van der Waals surface area contributed by atoms with Crippen molar-refractivity contribution in [2.24, 2.45) is 0 Å². The van der Waals surface area contributed by atoms with E-state index in [4.69, 9.17) is 15.2 Å². The maximum absolute atomic E-state index is 11.8. The van der Waals surface area contributed by atoms with Crippen LogP contribution < -0.4 is 20.5 Å². The molecule has 0 bridgehead atoms. The molecule has 0 atom stereocenters. The van der Waals surface area contributed by atoms with E-state index in [9.17, 15) is 4.79 Å². The lowest BCUT2D eigenvalue weighted by Crippen LogP contribution is -2.29. The molecule has 0 fully saturated rings. The Kier molecular flexibility index (Phi) is 6.37. The van der Waals surface area contributed by atoms with Gasteiger partial charge in [0.2, 0.25) is 0 Å². The van der Waals surface area contributed by atoms with Crippen LogP contribution in [0.3, 0.4) is 0 Å². The second-order valence-electron chi connectivity index (χ2n) is 6.47. The minimum Gasteiger partial charge on any atom is -0.491 e. The lowest BCUT2D eigenvalue weighted by atomic mass is 10.1. The molecule has 0 spiro atoms. The first-order valence-corrected chi connectivity index (χ1v) is 9.52. The highest BCUT2D eigenvalue weighted by Gasteiger charge is 2.12. The number of rotatable bonds is 9. The maximum Gasteiger partial charge on any atom is 0.257 e. The zero-order valence-electron chi connectivity index (χ0n) is 16.3. The standard InChI is InChI=1S/C21H26N4O3/c1-3-9-23-20(26)14-28-19-6-5-10-25-13-17(24-21(19)25)15-7-8-18(16(22)12-15)27-11-4-2/h5-8,10,12-13H,3-4,9,11,14,22H2,1-2H3,(H,23,26). The normalized spacial score (nSPS) is 10.8. The molecule has 3 N–H and O–H groups in total. The molecule has 7 heteroatoms. The molecule has 7 nitrogen and oxygen atoms in total. The van der Waals surface area contributed by atoms with Crippen molar-refractivity contribution in [1.29, 1.82) is 0 Å². The lowest BCUT2D eigenvalue weighted by Gasteiger charge is -2.08. The lowest BCUT2D eigenvalue weighted by molar-refractivity contribution is -0.123. The van der Waals surface area contributed by atoms with Crippen molar-refractivity contribution in [2.75, 3.05) is 25.5 Å². The Bertz CT molecular complexity index is 952. The zero-order valence-corrected chi connectivity index (χ0v) is 16.3. The van der Waals surface area contributed by atoms with Crippen molar-refractivity contribution >= 4 is 17.2 Å². The fourth-order valence-corrected chi connectivity index (χ4v) is 2.75. The third-order valence-electron chi connectivity index (χ3n) is 4.15. The first kappa shape index (κ1) is 19.5. The van der Waals surface area contributed by atoms with E-state index in [0.717, 1.165) is 24.1 Å². The quantitative estimate of drug-likeness (QED) is 0.554. The largest absolute Gasteiger partial charge is 0.491 e. The molecule has 1 amide bonds. The molecule has 1 aromatic carbocycles. The number of hydrogen-bond acceptors (Lipinski definition) is 5. The van der Waals surface area contributed by atoms with Gasteiger partial charge in [-0.3, -0.25) is 4.79 Å². The van der Waals surface area contributed by atoms with Gasteiger partial charge in [-0.15, -0.1) is 0 Å². The van der Waals surface area contributed by atoms with Gasteiger partial charge in [0.25, 0.3) is 5.91 Å². The van der Waals surface area contributed by atoms with Crippen molar-refractivity contribution < 1.29 is 14.3 Å². The molecule has 0 saturated carbocycles. The number of ether oxygens (including phenoxy) is 2. The van der Waals surface area contributed by atoms with E-state index in [-0.39, 0.29) is 12.5 Å². The first-order valence-electron chi connectivity index (χ1n) is 9.52. The highest BCUT2D eigenvalue weighted by Crippen LogP contribution is 2.30. The van der Waals surface area contributed by atoms with Crippen LogP contribution in [0, 0.1) is 0 Å². The van der Waals surface area contributed by atoms with E-state index in [1.165, 1.54) is 0 Å². The molecule has 148 valence electrons. The second-order valence-corrected chi connectivity index (χ2v) is 6.47. The Morgan fingerprint density at radius 1 is 1.18 bits per heavy atom. The number of carbonyl (C=O) groups excluding carboxylic acids is 1. The van der Waals surface area contributed by atoms with Crippen LogP contribution in [0.15, 0.2) is 42.7 Å². The van der Waals surface area contributed by atoms with Crippen molar-refractivity contribution in [3.8, 4) is 22.8 Å². The molecule has 3 rings (SSSR count). The molecule has 3 aromatic rings. The Balaban J connectivity index is 1.80. The molecule has 0 aliphatic heterocycles. The van der Waals surface area contributed by atoms with E-state index >= 15 is 0 Å². The van der Waals surface area contributed by atoms with Crippen molar-refractivity contribution in [2.45, 2.75) is 26.7 Å². The average Bonchev–Trinajstić information content (AvgIpc) is 3.14. The number of pyridine rings is 1. The van der Waals surface area contributed by atoms with Gasteiger partial charge in [-0.1, -0.05) is 13.8 Å². The molecule has 2 aromatic heterocycles. The number of nitrogens with zero attached hydrogens (tertiary/aromatic N) is 2. The fraction of sp³-hybridized carbons (Fsp3) is 0.333. The number of fused-ring (bicyclic) bond motifs is 1. The smallest absolute Gasteiger partial charge is 0.257 e. The number of hydrogen-bond donors (Lipinski definition) is 2. The monoisotopic (exact) mass is 382 g/mol. The van der Waals surface area contributed by atoms with Gasteiger partial charge in [-0.2, -0.15) is 0 Å². The molecule has 0 aliphatic rings. The van der Waals surface area contributed by atoms with Gasteiger partial charge in [0.05, 0.1) is 18.0 Å². The summed E-state index contributed by atoms with van der Waals surface area (Å²) in [6, 6.07) is 9.30. The number of nitrogens with two attached hydrogens (primary N) is 1. The number of carbonyl (C=O) groups is 1. The number of imidazole rings is 1. The third-order valence-corrected chi connectivity index (χ3v) is 4.15. The Morgan fingerprint density at radius 3 is 2.79 bits per heavy atom. The minimum absolute atomic E-state index is 0.0434. The van der Waals surface area contributed by atoms with Crippen LogP contribution in [-0.4, -0.2) is 35.1 Å². The van der Waals surface area contributed by atoms with Crippen molar-refractivity contribution in [3.63, 3.8) is 0 Å². The van der Waals surface area contributed by atoms with Crippen LogP contribution >= 0.6 is 0 Å². The van der Waals surface area contributed by atoms with Crippen LogP contribution in [0.2, 0.25) is 0 Å². The minimum atomic E-state index is -0.147. The van der Waals surface area contributed by atoms with Gasteiger partial charge in [0, 0.05) is 24.5 Å². The molecule has 2 heterocycles. The highest BCUT2D eigenvalue weighted by molar-refractivity contribution is 5.78. The molecular formula is C21H26N4O3. The topological polar surface area (TPSA) is 90.9 Å². The third kappa shape index (κ3) is 4.54. The summed E-state index contributed by atoms with van der Waals surface area (Å²) < 4.78 is 13.2. The number of anilines is 1. The summed E-state index contributed by atoms with van der Waals surface area (Å²) in [6.07, 6.45) is 5.60. The van der Waals surface area contributed by atoms with Crippen LogP contribution in [0.25, 0.3) is 16.9 Å². The maximum atomic E-state index is 11.8. The number of amides is 1. The molecule has 0 radical (unpaired) electrons.